The normalized spacial score (nSPS) is 11.9. The zero-order valence-electron chi connectivity index (χ0n) is 12.2. The van der Waals surface area contributed by atoms with Crippen LogP contribution in [0.3, 0.4) is 0 Å². The van der Waals surface area contributed by atoms with Gasteiger partial charge < -0.3 is 15.0 Å². The zero-order valence-corrected chi connectivity index (χ0v) is 13.1. The van der Waals surface area contributed by atoms with Crippen molar-refractivity contribution in [1.82, 2.24) is 15.0 Å². The summed E-state index contributed by atoms with van der Waals surface area (Å²) in [5.74, 6) is 0. The van der Waals surface area contributed by atoms with Crippen LogP contribution in [0.1, 0.15) is 31.9 Å². The van der Waals surface area contributed by atoms with Gasteiger partial charge in [-0.05, 0) is 31.9 Å². The maximum atomic E-state index is 12.0. The van der Waals surface area contributed by atoms with Crippen molar-refractivity contribution in [2.24, 2.45) is 0 Å². The van der Waals surface area contributed by atoms with Crippen molar-refractivity contribution in [3.63, 3.8) is 0 Å². The molecule has 1 aromatic heterocycles. The molecule has 0 atom stereocenters. The second-order valence-electron chi connectivity index (χ2n) is 4.64. The molecule has 6 nitrogen and oxygen atoms in total. The predicted octanol–water partition coefficient (Wildman–Crippen LogP) is 1.22. The maximum absolute atomic E-state index is 12.0. The molecule has 7 heteroatoms. The fourth-order valence-electron chi connectivity index (χ4n) is 1.74. The number of unbranched alkanes of at least 4 members (excludes halogenated alkanes) is 1. The van der Waals surface area contributed by atoms with Crippen molar-refractivity contribution in [2.75, 3.05) is 26.8 Å². The number of aromatic amines is 1. The summed E-state index contributed by atoms with van der Waals surface area (Å²) in [5, 5.41) is 3.22. The van der Waals surface area contributed by atoms with Crippen LogP contribution in [0.4, 0.5) is 0 Å². The van der Waals surface area contributed by atoms with E-state index in [4.69, 9.17) is 4.74 Å². The molecule has 0 aliphatic heterocycles. The van der Waals surface area contributed by atoms with E-state index in [0.717, 1.165) is 31.5 Å². The molecule has 0 spiro atoms. The number of H-pyrrole nitrogens is 1. The number of rotatable bonds is 11. The number of aromatic nitrogens is 1. The smallest absolute Gasteiger partial charge is 0.242 e. The molecule has 0 radical (unpaired) electrons. The Balaban J connectivity index is 2.42. The minimum Gasteiger partial charge on any atom is -0.385 e. The van der Waals surface area contributed by atoms with Gasteiger partial charge in [-0.1, -0.05) is 6.92 Å². The summed E-state index contributed by atoms with van der Waals surface area (Å²) < 4.78 is 31.6. The highest BCUT2D eigenvalue weighted by Crippen LogP contribution is 2.10. The second kappa shape index (κ2) is 9.12. The number of ether oxygens (including phenoxy) is 1. The Bertz CT molecular complexity index is 471. The first-order chi connectivity index (χ1) is 9.60. The highest BCUT2D eigenvalue weighted by atomic mass is 32.2. The van der Waals surface area contributed by atoms with Crippen molar-refractivity contribution < 1.29 is 13.2 Å². The molecule has 0 aliphatic rings. The minimum atomic E-state index is -3.41. The lowest BCUT2D eigenvalue weighted by Crippen LogP contribution is -2.24. The first-order valence-corrected chi connectivity index (χ1v) is 8.45. The van der Waals surface area contributed by atoms with Gasteiger partial charge in [0.2, 0.25) is 10.0 Å². The molecule has 20 heavy (non-hydrogen) atoms. The average Bonchev–Trinajstić information content (AvgIpc) is 2.88. The molecule has 0 unspecified atom stereocenters. The fraction of sp³-hybridized carbons (Fsp3) is 0.692. The monoisotopic (exact) mass is 303 g/mol. The summed E-state index contributed by atoms with van der Waals surface area (Å²) in [6.45, 7) is 4.74. The molecule has 0 amide bonds. The number of hydrogen-bond donors (Lipinski definition) is 3. The molecule has 0 bridgehead atoms. The average molecular weight is 303 g/mol. The molecule has 1 aromatic rings. The van der Waals surface area contributed by atoms with Crippen molar-refractivity contribution in [3.8, 4) is 0 Å². The van der Waals surface area contributed by atoms with Crippen LogP contribution in [-0.4, -0.2) is 40.2 Å². The van der Waals surface area contributed by atoms with Crippen LogP contribution >= 0.6 is 0 Å². The van der Waals surface area contributed by atoms with E-state index in [0.29, 0.717) is 19.7 Å². The molecule has 0 fully saturated rings. The summed E-state index contributed by atoms with van der Waals surface area (Å²) in [7, 11) is -1.77. The SMILES string of the molecule is CCCNCc1cc(S(=O)(=O)NCCCCOC)c[nH]1. The van der Waals surface area contributed by atoms with Gasteiger partial charge in [0.1, 0.15) is 0 Å². The van der Waals surface area contributed by atoms with Crippen LogP contribution < -0.4 is 10.0 Å². The van der Waals surface area contributed by atoms with Crippen LogP contribution in [-0.2, 0) is 21.3 Å². The first kappa shape index (κ1) is 17.2. The number of hydrogen-bond acceptors (Lipinski definition) is 4. The fourth-order valence-corrected chi connectivity index (χ4v) is 2.83. The van der Waals surface area contributed by atoms with Crippen LogP contribution in [0.2, 0.25) is 0 Å². The maximum Gasteiger partial charge on any atom is 0.242 e. The van der Waals surface area contributed by atoms with Gasteiger partial charge >= 0.3 is 0 Å². The molecule has 116 valence electrons. The largest absolute Gasteiger partial charge is 0.385 e. The predicted molar refractivity (Wildman–Crippen MR) is 79.1 cm³/mol. The van der Waals surface area contributed by atoms with Gasteiger partial charge in [0.05, 0.1) is 4.90 Å². The Morgan fingerprint density at radius 2 is 2.10 bits per heavy atom. The van der Waals surface area contributed by atoms with Gasteiger partial charge in [-0.3, -0.25) is 0 Å². The molecule has 0 aliphatic carbocycles. The second-order valence-corrected chi connectivity index (χ2v) is 6.40. The van der Waals surface area contributed by atoms with Crippen molar-refractivity contribution in [1.29, 1.82) is 0 Å². The summed E-state index contributed by atoms with van der Waals surface area (Å²) in [6, 6.07) is 1.67. The van der Waals surface area contributed by atoms with E-state index < -0.39 is 10.0 Å². The van der Waals surface area contributed by atoms with Crippen LogP contribution in [0.5, 0.6) is 0 Å². The van der Waals surface area contributed by atoms with Gasteiger partial charge in [0, 0.05) is 38.7 Å². The molecular weight excluding hydrogens is 278 g/mol. The Morgan fingerprint density at radius 3 is 2.80 bits per heavy atom. The third kappa shape index (κ3) is 6.04. The molecule has 1 rings (SSSR count). The molecular formula is C13H25N3O3S. The highest BCUT2D eigenvalue weighted by Gasteiger charge is 2.15. The van der Waals surface area contributed by atoms with Gasteiger partial charge in [0.25, 0.3) is 0 Å². The lowest BCUT2D eigenvalue weighted by molar-refractivity contribution is 0.193. The quantitative estimate of drug-likeness (QED) is 0.537. The van der Waals surface area contributed by atoms with Crippen LogP contribution in [0, 0.1) is 0 Å². The van der Waals surface area contributed by atoms with E-state index in [9.17, 15) is 8.42 Å². The molecule has 1 heterocycles. The van der Waals surface area contributed by atoms with Crippen LogP contribution in [0.25, 0.3) is 0 Å². The summed E-state index contributed by atoms with van der Waals surface area (Å²) in [5.41, 5.74) is 0.873. The van der Waals surface area contributed by atoms with E-state index in [2.05, 4.69) is 21.9 Å². The topological polar surface area (TPSA) is 83.2 Å². The number of methoxy groups -OCH3 is 1. The Hall–Kier alpha value is -0.890. The van der Waals surface area contributed by atoms with E-state index in [1.165, 1.54) is 6.20 Å². The van der Waals surface area contributed by atoms with Crippen LogP contribution in [0.15, 0.2) is 17.2 Å². The Kier molecular flexibility index (Phi) is 7.83. The summed E-state index contributed by atoms with van der Waals surface area (Å²) in [4.78, 5) is 3.27. The lowest BCUT2D eigenvalue weighted by Gasteiger charge is -2.04. The van der Waals surface area contributed by atoms with E-state index in [1.807, 2.05) is 0 Å². The molecule has 0 saturated carbocycles. The molecule has 3 N–H and O–H groups in total. The zero-order chi connectivity index (χ0) is 14.8. The van der Waals surface area contributed by atoms with Gasteiger partial charge in [-0.25, -0.2) is 13.1 Å². The lowest BCUT2D eigenvalue weighted by atomic mass is 10.3. The Morgan fingerprint density at radius 1 is 1.30 bits per heavy atom. The summed E-state index contributed by atoms with van der Waals surface area (Å²) in [6.07, 6.45) is 4.19. The van der Waals surface area contributed by atoms with Crippen molar-refractivity contribution in [3.05, 3.63) is 18.0 Å². The summed E-state index contributed by atoms with van der Waals surface area (Å²) >= 11 is 0. The Labute approximate surface area is 121 Å². The van der Waals surface area contributed by atoms with Crippen molar-refractivity contribution in [2.45, 2.75) is 37.6 Å². The van der Waals surface area contributed by atoms with Gasteiger partial charge in [0.15, 0.2) is 0 Å². The molecule has 0 saturated heterocycles. The third-order valence-corrected chi connectivity index (χ3v) is 4.28. The molecule has 0 aromatic carbocycles. The van der Waals surface area contributed by atoms with E-state index in [-0.39, 0.29) is 4.90 Å². The van der Waals surface area contributed by atoms with Crippen molar-refractivity contribution >= 4 is 10.0 Å². The van der Waals surface area contributed by atoms with Gasteiger partial charge in [-0.2, -0.15) is 0 Å². The highest BCUT2D eigenvalue weighted by molar-refractivity contribution is 7.89. The standard InChI is InChI=1S/C13H25N3O3S/c1-3-6-14-10-12-9-13(11-15-12)20(17,18)16-7-4-5-8-19-2/h9,11,14-16H,3-8,10H2,1-2H3. The van der Waals surface area contributed by atoms with Gasteiger partial charge in [-0.15, -0.1) is 0 Å². The number of sulfonamides is 1. The third-order valence-electron chi connectivity index (χ3n) is 2.84. The van der Waals surface area contributed by atoms with E-state index in [1.54, 1.807) is 13.2 Å². The first-order valence-electron chi connectivity index (χ1n) is 6.96. The van der Waals surface area contributed by atoms with E-state index >= 15 is 0 Å². The number of nitrogens with one attached hydrogen (secondary N) is 3. The minimum absolute atomic E-state index is 0.289.